The zero-order chi connectivity index (χ0) is 22.2. The number of methoxy groups -OCH3 is 1. The van der Waals surface area contributed by atoms with Crippen LogP contribution in [0, 0.1) is 5.92 Å². The number of aromatic nitrogens is 1. The summed E-state index contributed by atoms with van der Waals surface area (Å²) in [6.07, 6.45) is 5.06. The average Bonchev–Trinajstić information content (AvgIpc) is 3.38. The lowest BCUT2D eigenvalue weighted by atomic mass is 9.80. The summed E-state index contributed by atoms with van der Waals surface area (Å²) in [4.78, 5) is 32.7. The van der Waals surface area contributed by atoms with Crippen molar-refractivity contribution in [2.75, 3.05) is 12.0 Å². The van der Waals surface area contributed by atoms with Crippen molar-refractivity contribution in [1.29, 1.82) is 0 Å². The lowest BCUT2D eigenvalue weighted by Crippen LogP contribution is -2.40. The summed E-state index contributed by atoms with van der Waals surface area (Å²) in [6, 6.07) is 14.1. The van der Waals surface area contributed by atoms with Crippen LogP contribution in [0.25, 0.3) is 16.0 Å². The van der Waals surface area contributed by atoms with Gasteiger partial charge in [0.25, 0.3) is 5.78 Å². The SMILES string of the molecule is COc1ccc(/C(O)=C2/C(=O)C(=O)N(c3nc4ccccc4s3)C2C2CCCCC2)cc1. The molecule has 2 fully saturated rings. The zero-order valence-corrected chi connectivity index (χ0v) is 18.6. The van der Waals surface area contributed by atoms with E-state index in [-0.39, 0.29) is 17.3 Å². The third-order valence-corrected chi connectivity index (χ3v) is 7.47. The van der Waals surface area contributed by atoms with Crippen LogP contribution in [0.2, 0.25) is 0 Å². The van der Waals surface area contributed by atoms with Gasteiger partial charge in [0.2, 0.25) is 0 Å². The molecule has 32 heavy (non-hydrogen) atoms. The summed E-state index contributed by atoms with van der Waals surface area (Å²) >= 11 is 1.40. The molecule has 2 aromatic carbocycles. The predicted octanol–water partition coefficient (Wildman–Crippen LogP) is 5.14. The van der Waals surface area contributed by atoms with E-state index in [0.29, 0.717) is 16.4 Å². The van der Waals surface area contributed by atoms with Crippen molar-refractivity contribution >= 4 is 44.1 Å². The number of benzene rings is 2. The number of nitrogens with zero attached hydrogens (tertiary/aromatic N) is 2. The van der Waals surface area contributed by atoms with E-state index in [1.807, 2.05) is 24.3 Å². The van der Waals surface area contributed by atoms with E-state index in [1.165, 1.54) is 16.2 Å². The summed E-state index contributed by atoms with van der Waals surface area (Å²) in [6.45, 7) is 0. The van der Waals surface area contributed by atoms with Crippen molar-refractivity contribution in [1.82, 2.24) is 4.98 Å². The summed E-state index contributed by atoms with van der Waals surface area (Å²) in [5.41, 5.74) is 1.48. The van der Waals surface area contributed by atoms with Gasteiger partial charge in [-0.25, -0.2) is 4.98 Å². The molecule has 2 heterocycles. The quantitative estimate of drug-likeness (QED) is 0.340. The second-order valence-electron chi connectivity index (χ2n) is 8.30. The molecule has 0 bridgehead atoms. The molecule has 6 nitrogen and oxygen atoms in total. The minimum Gasteiger partial charge on any atom is -0.507 e. The Morgan fingerprint density at radius 3 is 2.47 bits per heavy atom. The number of rotatable bonds is 4. The first-order chi connectivity index (χ1) is 15.6. The smallest absolute Gasteiger partial charge is 0.301 e. The van der Waals surface area contributed by atoms with Gasteiger partial charge >= 0.3 is 5.91 Å². The van der Waals surface area contributed by atoms with Gasteiger partial charge in [0.05, 0.1) is 28.9 Å². The van der Waals surface area contributed by atoms with Crippen molar-refractivity contribution < 1.29 is 19.4 Å². The number of para-hydroxylation sites is 1. The number of aliphatic hydroxyl groups is 1. The highest BCUT2D eigenvalue weighted by atomic mass is 32.1. The molecule has 164 valence electrons. The van der Waals surface area contributed by atoms with Crippen molar-refractivity contribution in [2.24, 2.45) is 5.92 Å². The zero-order valence-electron chi connectivity index (χ0n) is 17.8. The molecule has 1 amide bonds. The third kappa shape index (κ3) is 3.46. The van der Waals surface area contributed by atoms with Gasteiger partial charge in [0, 0.05) is 5.56 Å². The third-order valence-electron chi connectivity index (χ3n) is 6.44. The summed E-state index contributed by atoms with van der Waals surface area (Å²) in [7, 11) is 1.57. The topological polar surface area (TPSA) is 79.7 Å². The van der Waals surface area contributed by atoms with Crippen molar-refractivity contribution in [3.8, 4) is 5.75 Å². The number of hydrogen-bond acceptors (Lipinski definition) is 6. The van der Waals surface area contributed by atoms with Gasteiger partial charge in [-0.2, -0.15) is 0 Å². The van der Waals surface area contributed by atoms with E-state index < -0.39 is 17.7 Å². The van der Waals surface area contributed by atoms with Gasteiger partial charge in [-0.1, -0.05) is 42.7 Å². The molecule has 1 atom stereocenters. The number of Topliss-reactive ketones (excluding diaryl/α,β-unsaturated/α-hetero) is 1. The van der Waals surface area contributed by atoms with E-state index >= 15 is 0 Å². The Morgan fingerprint density at radius 1 is 1.06 bits per heavy atom. The first-order valence-corrected chi connectivity index (χ1v) is 11.7. The molecule has 2 aliphatic rings. The van der Waals surface area contributed by atoms with Gasteiger partial charge in [-0.15, -0.1) is 0 Å². The molecule has 1 aliphatic heterocycles. The number of amides is 1. The Labute approximate surface area is 190 Å². The van der Waals surface area contributed by atoms with Gasteiger partial charge in [-0.05, 0) is 55.2 Å². The largest absolute Gasteiger partial charge is 0.507 e. The maximum absolute atomic E-state index is 13.3. The highest BCUT2D eigenvalue weighted by Gasteiger charge is 2.50. The number of aliphatic hydroxyl groups excluding tert-OH is 1. The summed E-state index contributed by atoms with van der Waals surface area (Å²) in [5, 5.41) is 11.7. The highest BCUT2D eigenvalue weighted by Crippen LogP contribution is 2.43. The Hall–Kier alpha value is -3.19. The molecule has 0 radical (unpaired) electrons. The molecule has 3 aromatic rings. The number of anilines is 1. The van der Waals surface area contributed by atoms with Crippen LogP contribution in [0.4, 0.5) is 5.13 Å². The average molecular weight is 449 g/mol. The number of ether oxygens (including phenoxy) is 1. The Morgan fingerprint density at radius 2 is 1.78 bits per heavy atom. The molecule has 7 heteroatoms. The number of hydrogen-bond donors (Lipinski definition) is 1. The number of thiazole rings is 1. The maximum atomic E-state index is 13.3. The van der Waals surface area contributed by atoms with E-state index in [1.54, 1.807) is 31.4 Å². The Bertz CT molecular complexity index is 1180. The molecule has 1 N–H and O–H groups in total. The van der Waals surface area contributed by atoms with E-state index in [4.69, 9.17) is 4.74 Å². The molecular weight excluding hydrogens is 424 g/mol. The van der Waals surface area contributed by atoms with E-state index in [9.17, 15) is 14.7 Å². The van der Waals surface area contributed by atoms with Crippen LogP contribution in [0.3, 0.4) is 0 Å². The van der Waals surface area contributed by atoms with E-state index in [2.05, 4.69) is 4.98 Å². The molecular formula is C25H24N2O4S. The fraction of sp³-hybridized carbons (Fsp3) is 0.320. The molecule has 1 saturated heterocycles. The number of fused-ring (bicyclic) bond motifs is 1. The van der Waals surface area contributed by atoms with Crippen LogP contribution < -0.4 is 9.64 Å². The molecule has 1 unspecified atom stereocenters. The lowest BCUT2D eigenvalue weighted by molar-refractivity contribution is -0.132. The monoisotopic (exact) mass is 448 g/mol. The number of carbonyl (C=O) groups is 2. The van der Waals surface area contributed by atoms with Crippen LogP contribution in [-0.2, 0) is 9.59 Å². The number of carbonyl (C=O) groups excluding carboxylic acids is 2. The summed E-state index contributed by atoms with van der Waals surface area (Å²) < 4.78 is 6.16. The minimum absolute atomic E-state index is 0.0987. The van der Waals surface area contributed by atoms with Crippen molar-refractivity contribution in [3.05, 3.63) is 59.7 Å². The lowest BCUT2D eigenvalue weighted by Gasteiger charge is -2.32. The van der Waals surface area contributed by atoms with Crippen LogP contribution in [-0.4, -0.2) is 34.9 Å². The predicted molar refractivity (Wildman–Crippen MR) is 125 cm³/mol. The molecule has 0 spiro atoms. The second kappa shape index (κ2) is 8.39. The summed E-state index contributed by atoms with van der Waals surface area (Å²) in [5.74, 6) is -0.644. The second-order valence-corrected chi connectivity index (χ2v) is 9.31. The van der Waals surface area contributed by atoms with Crippen molar-refractivity contribution in [2.45, 2.75) is 38.1 Å². The Balaban J connectivity index is 1.64. The molecule has 5 rings (SSSR count). The van der Waals surface area contributed by atoms with Crippen molar-refractivity contribution in [3.63, 3.8) is 0 Å². The van der Waals surface area contributed by atoms with Gasteiger partial charge < -0.3 is 9.84 Å². The minimum atomic E-state index is -0.645. The van der Waals surface area contributed by atoms with E-state index in [0.717, 1.165) is 42.3 Å². The molecule has 1 saturated carbocycles. The first-order valence-electron chi connectivity index (χ1n) is 10.9. The fourth-order valence-electron chi connectivity index (χ4n) is 4.83. The van der Waals surface area contributed by atoms with Crippen LogP contribution in [0.1, 0.15) is 37.7 Å². The van der Waals surface area contributed by atoms with Gasteiger partial charge in [-0.3, -0.25) is 14.5 Å². The van der Waals surface area contributed by atoms with Crippen LogP contribution in [0.15, 0.2) is 54.1 Å². The standard InChI is InChI=1S/C25H24N2O4S/c1-31-17-13-11-16(12-14-17)22(28)20-21(15-7-3-2-4-8-15)27(24(30)23(20)29)25-26-18-9-5-6-10-19(18)32-25/h5-6,9-15,21,28H,2-4,7-8H2,1H3/b22-20-. The van der Waals surface area contributed by atoms with Gasteiger partial charge in [0.1, 0.15) is 11.5 Å². The maximum Gasteiger partial charge on any atom is 0.301 e. The molecule has 1 aromatic heterocycles. The number of ketones is 1. The van der Waals surface area contributed by atoms with Crippen LogP contribution >= 0.6 is 11.3 Å². The Kier molecular flexibility index (Phi) is 5.43. The van der Waals surface area contributed by atoms with Gasteiger partial charge in [0.15, 0.2) is 5.13 Å². The highest BCUT2D eigenvalue weighted by molar-refractivity contribution is 7.22. The molecule has 1 aliphatic carbocycles. The van der Waals surface area contributed by atoms with Crippen LogP contribution in [0.5, 0.6) is 5.75 Å². The first kappa shape index (κ1) is 20.7. The fourth-order valence-corrected chi connectivity index (χ4v) is 5.83. The normalized spacial score (nSPS) is 21.4.